The Morgan fingerprint density at radius 2 is 1.04 bits per heavy atom. The number of nitrogens with one attached hydrogen (secondary N) is 1. The Bertz CT molecular complexity index is 1470. The quantitative estimate of drug-likeness (QED) is 0.0913. The third kappa shape index (κ3) is 13.7. The number of rotatable bonds is 26. The number of hydrogen-bond acceptors (Lipinski definition) is 11. The van der Waals surface area contributed by atoms with E-state index >= 15 is 0 Å². The van der Waals surface area contributed by atoms with Crippen molar-refractivity contribution in [3.8, 4) is 11.1 Å². The summed E-state index contributed by atoms with van der Waals surface area (Å²) in [7, 11) is -3.78. The second-order valence-corrected chi connectivity index (χ2v) is 13.0. The first kappa shape index (κ1) is 39.4. The van der Waals surface area contributed by atoms with Crippen molar-refractivity contribution in [1.82, 2.24) is 5.32 Å². The van der Waals surface area contributed by atoms with Gasteiger partial charge in [-0.1, -0.05) is 66.2 Å². The molecule has 3 aromatic carbocycles. The van der Waals surface area contributed by atoms with Crippen LogP contribution in [0, 0.1) is 6.92 Å². The van der Waals surface area contributed by atoms with Crippen LogP contribution in [-0.4, -0.2) is 114 Å². The van der Waals surface area contributed by atoms with E-state index in [1.54, 1.807) is 12.1 Å². The van der Waals surface area contributed by atoms with Gasteiger partial charge < -0.3 is 38.5 Å². The van der Waals surface area contributed by atoms with Gasteiger partial charge in [-0.3, -0.25) is 4.18 Å². The maximum atomic E-state index is 12.3. The van der Waals surface area contributed by atoms with Gasteiger partial charge in [-0.15, -0.1) is 0 Å². The Morgan fingerprint density at radius 1 is 0.600 bits per heavy atom. The van der Waals surface area contributed by atoms with Crippen molar-refractivity contribution in [1.29, 1.82) is 0 Å². The van der Waals surface area contributed by atoms with Gasteiger partial charge in [-0.2, -0.15) is 8.42 Å². The van der Waals surface area contributed by atoms with Crippen molar-refractivity contribution in [2.45, 2.75) is 24.2 Å². The van der Waals surface area contributed by atoms with E-state index in [2.05, 4.69) is 29.6 Å². The molecule has 1 aliphatic rings. The summed E-state index contributed by atoms with van der Waals surface area (Å²) in [4.78, 5) is 12.4. The lowest BCUT2D eigenvalue weighted by Crippen LogP contribution is -2.27. The molecule has 0 radical (unpaired) electrons. The van der Waals surface area contributed by atoms with Gasteiger partial charge in [0.15, 0.2) is 0 Å². The summed E-state index contributed by atoms with van der Waals surface area (Å²) in [6, 6.07) is 23.0. The molecule has 0 bridgehead atoms. The average molecular weight is 716 g/mol. The number of carbonyl (C=O) groups excluding carboxylic acids is 1. The van der Waals surface area contributed by atoms with Crippen LogP contribution in [0.2, 0.25) is 0 Å². The van der Waals surface area contributed by atoms with Crippen LogP contribution in [0.25, 0.3) is 11.1 Å². The van der Waals surface area contributed by atoms with Crippen molar-refractivity contribution in [3.63, 3.8) is 0 Å². The lowest BCUT2D eigenvalue weighted by molar-refractivity contribution is -0.0177. The molecule has 274 valence electrons. The predicted octanol–water partition coefficient (Wildman–Crippen LogP) is 4.73. The Balaban J connectivity index is 0.851. The Morgan fingerprint density at radius 3 is 1.54 bits per heavy atom. The van der Waals surface area contributed by atoms with E-state index in [1.807, 2.05) is 31.2 Å². The first-order valence-electron chi connectivity index (χ1n) is 17.0. The highest BCUT2D eigenvalue weighted by Gasteiger charge is 2.29. The number of carbonyl (C=O) groups is 1. The van der Waals surface area contributed by atoms with Gasteiger partial charge in [0.1, 0.15) is 6.61 Å². The lowest BCUT2D eigenvalue weighted by atomic mass is 9.98. The van der Waals surface area contributed by atoms with Gasteiger partial charge >= 0.3 is 6.09 Å². The highest BCUT2D eigenvalue weighted by atomic mass is 32.2. The fourth-order valence-electron chi connectivity index (χ4n) is 5.19. The van der Waals surface area contributed by atoms with Crippen LogP contribution in [0.1, 0.15) is 29.0 Å². The molecule has 1 amide bonds. The largest absolute Gasteiger partial charge is 0.449 e. The summed E-state index contributed by atoms with van der Waals surface area (Å²) in [5.74, 6) is 0.0422. The normalized spacial score (nSPS) is 12.5. The van der Waals surface area contributed by atoms with Gasteiger partial charge in [0.25, 0.3) is 10.1 Å². The number of amides is 1. The number of hydrogen-bond donors (Lipinski definition) is 1. The molecule has 3 aromatic rings. The maximum Gasteiger partial charge on any atom is 0.407 e. The summed E-state index contributed by atoms with van der Waals surface area (Å²) >= 11 is 0. The molecular weight excluding hydrogens is 666 g/mol. The molecule has 0 saturated carbocycles. The van der Waals surface area contributed by atoms with Gasteiger partial charge in [-0.05, 0) is 47.7 Å². The molecule has 4 rings (SSSR count). The molecule has 12 nitrogen and oxygen atoms in total. The van der Waals surface area contributed by atoms with Crippen LogP contribution in [0.15, 0.2) is 77.7 Å². The Hall–Kier alpha value is -3.40. The first-order chi connectivity index (χ1) is 24.5. The van der Waals surface area contributed by atoms with Gasteiger partial charge in [0.05, 0.1) is 84.2 Å². The van der Waals surface area contributed by atoms with Crippen LogP contribution >= 0.6 is 0 Å². The second kappa shape index (κ2) is 22.4. The van der Waals surface area contributed by atoms with Crippen molar-refractivity contribution >= 4 is 16.2 Å². The summed E-state index contributed by atoms with van der Waals surface area (Å²) in [6.45, 7) is 7.49. The molecule has 13 heteroatoms. The Labute approximate surface area is 295 Å². The molecule has 0 fully saturated rings. The molecule has 0 spiro atoms. The summed E-state index contributed by atoms with van der Waals surface area (Å²) in [5, 5.41) is 2.79. The van der Waals surface area contributed by atoms with Gasteiger partial charge in [0.2, 0.25) is 0 Å². The SMILES string of the molecule is Cc1ccc(S(=O)(=O)OCCOCCOCCOCCOCCOCCOCCCNC(=O)OCC2c3ccccc3-c3ccccc32)cc1. The molecular formula is C37H49NO11S. The number of ether oxygens (including phenoxy) is 7. The highest BCUT2D eigenvalue weighted by molar-refractivity contribution is 7.86. The van der Waals surface area contributed by atoms with Crippen LogP contribution in [0.3, 0.4) is 0 Å². The third-order valence-electron chi connectivity index (χ3n) is 7.71. The van der Waals surface area contributed by atoms with Crippen molar-refractivity contribution in [2.24, 2.45) is 0 Å². The van der Waals surface area contributed by atoms with E-state index in [0.717, 1.165) is 5.56 Å². The summed E-state index contributed by atoms with van der Waals surface area (Å²) < 4.78 is 67.5. The number of aryl methyl sites for hydroxylation is 1. The van der Waals surface area contributed by atoms with E-state index in [-0.39, 0.29) is 24.0 Å². The summed E-state index contributed by atoms with van der Waals surface area (Å²) in [5.41, 5.74) is 5.75. The fourth-order valence-corrected chi connectivity index (χ4v) is 6.08. The minimum absolute atomic E-state index is 0.0422. The molecule has 0 unspecified atom stereocenters. The van der Waals surface area contributed by atoms with Gasteiger partial charge in [-0.25, -0.2) is 4.79 Å². The third-order valence-corrected chi connectivity index (χ3v) is 9.04. The van der Waals surface area contributed by atoms with Crippen LogP contribution in [0.4, 0.5) is 4.79 Å². The molecule has 0 heterocycles. The van der Waals surface area contributed by atoms with E-state index in [0.29, 0.717) is 92.2 Å². The molecule has 0 atom stereocenters. The molecule has 1 aliphatic carbocycles. The maximum absolute atomic E-state index is 12.3. The standard InChI is InChI=1S/C37H49NO11S/c1-30-11-13-31(14-12-30)50(40,41)49-28-27-47-26-25-46-24-23-45-22-21-44-20-19-43-18-17-42-16-6-15-38-37(39)48-29-36-34-9-4-2-7-32(34)33-8-3-5-10-35(33)36/h2-5,7-14,36H,6,15-29H2,1H3,(H,38,39). The first-order valence-corrected chi connectivity index (χ1v) is 18.4. The molecule has 0 aromatic heterocycles. The number of fused-ring (bicyclic) bond motifs is 3. The molecule has 1 N–H and O–H groups in total. The number of benzene rings is 3. The minimum Gasteiger partial charge on any atom is -0.449 e. The van der Waals surface area contributed by atoms with E-state index in [9.17, 15) is 13.2 Å². The molecule has 0 aliphatic heterocycles. The van der Waals surface area contributed by atoms with Gasteiger partial charge in [0, 0.05) is 19.1 Å². The van der Waals surface area contributed by atoms with Crippen molar-refractivity contribution in [3.05, 3.63) is 89.5 Å². The minimum atomic E-state index is -3.78. The topological polar surface area (TPSA) is 137 Å². The lowest BCUT2D eigenvalue weighted by Gasteiger charge is -2.14. The van der Waals surface area contributed by atoms with Crippen molar-refractivity contribution in [2.75, 3.05) is 99.0 Å². The van der Waals surface area contributed by atoms with E-state index in [1.165, 1.54) is 34.4 Å². The van der Waals surface area contributed by atoms with Crippen LogP contribution in [0.5, 0.6) is 0 Å². The van der Waals surface area contributed by atoms with Crippen molar-refractivity contribution < 1.29 is 50.6 Å². The van der Waals surface area contributed by atoms with Crippen LogP contribution < -0.4 is 5.32 Å². The monoisotopic (exact) mass is 715 g/mol. The van der Waals surface area contributed by atoms with Crippen LogP contribution in [-0.2, 0) is 47.5 Å². The smallest absolute Gasteiger partial charge is 0.407 e. The predicted molar refractivity (Wildman–Crippen MR) is 187 cm³/mol. The Kier molecular flexibility index (Phi) is 17.7. The molecule has 0 saturated heterocycles. The zero-order valence-electron chi connectivity index (χ0n) is 28.7. The van der Waals surface area contributed by atoms with E-state index in [4.69, 9.17) is 37.3 Å². The highest BCUT2D eigenvalue weighted by Crippen LogP contribution is 2.44. The fraction of sp³-hybridized carbons (Fsp3) is 0.486. The summed E-state index contributed by atoms with van der Waals surface area (Å²) in [6.07, 6.45) is 0.247. The zero-order chi connectivity index (χ0) is 35.3. The second-order valence-electron chi connectivity index (χ2n) is 11.4. The molecule has 50 heavy (non-hydrogen) atoms. The van der Waals surface area contributed by atoms with E-state index < -0.39 is 16.2 Å². The number of alkyl carbamates (subject to hydrolysis) is 1. The zero-order valence-corrected chi connectivity index (χ0v) is 29.5. The average Bonchev–Trinajstić information content (AvgIpc) is 3.44.